The van der Waals surface area contributed by atoms with E-state index < -0.39 is 5.97 Å². The summed E-state index contributed by atoms with van der Waals surface area (Å²) in [5.74, 6) is 1.82. The van der Waals surface area contributed by atoms with Crippen molar-refractivity contribution in [2.75, 3.05) is 25.7 Å². The van der Waals surface area contributed by atoms with Crippen molar-refractivity contribution in [3.8, 4) is 11.5 Å². The van der Waals surface area contributed by atoms with Gasteiger partial charge in [-0.2, -0.15) is 0 Å². The zero-order valence-electron chi connectivity index (χ0n) is 19.0. The molecule has 0 aliphatic carbocycles. The molecular formula is C25H29N3O4. The average Bonchev–Trinajstić information content (AvgIpc) is 2.82. The molecule has 7 heteroatoms. The molecule has 0 radical (unpaired) electrons. The molecule has 0 amide bonds. The minimum absolute atomic E-state index is 0.0721. The Labute approximate surface area is 189 Å². The van der Waals surface area contributed by atoms with Crippen LogP contribution in [-0.2, 0) is 17.8 Å². The van der Waals surface area contributed by atoms with Crippen LogP contribution in [0.15, 0.2) is 54.6 Å². The quantitative estimate of drug-likeness (QED) is 0.432. The molecule has 0 fully saturated rings. The fourth-order valence-corrected chi connectivity index (χ4v) is 3.19. The highest BCUT2D eigenvalue weighted by atomic mass is 16.5. The number of esters is 1. The Morgan fingerprint density at radius 3 is 1.88 bits per heavy atom. The van der Waals surface area contributed by atoms with Crippen LogP contribution in [0.1, 0.15) is 40.8 Å². The Balaban J connectivity index is 1.92. The molecule has 1 heterocycles. The summed E-state index contributed by atoms with van der Waals surface area (Å²) in [6.45, 7) is 5.32. The molecular weight excluding hydrogens is 406 g/mol. The lowest BCUT2D eigenvalue weighted by Crippen LogP contribution is -2.25. The number of aryl methyl sites for hydroxylation is 1. The molecule has 0 aliphatic heterocycles. The summed E-state index contributed by atoms with van der Waals surface area (Å²) in [6, 6.07) is 17.7. The van der Waals surface area contributed by atoms with Crippen LogP contribution in [0.2, 0.25) is 0 Å². The molecule has 0 unspecified atom stereocenters. The highest BCUT2D eigenvalue weighted by Gasteiger charge is 2.17. The van der Waals surface area contributed by atoms with Gasteiger partial charge >= 0.3 is 5.97 Å². The van der Waals surface area contributed by atoms with Gasteiger partial charge in [-0.05, 0) is 48.7 Å². The van der Waals surface area contributed by atoms with Crippen LogP contribution in [0.4, 0.5) is 5.82 Å². The standard InChI is InChI=1S/C25H29N3O4/c1-5-14-32-25(29)24-26-18(2)15-23(27-24)28(16-19-6-10-21(30-3)11-7-19)17-20-8-12-22(31-4)13-9-20/h6-13,15H,5,14,16-17H2,1-4H3. The van der Waals surface area contributed by atoms with E-state index >= 15 is 0 Å². The molecule has 0 atom stereocenters. The van der Waals surface area contributed by atoms with E-state index in [9.17, 15) is 4.79 Å². The smallest absolute Gasteiger partial charge is 0.376 e. The topological polar surface area (TPSA) is 73.8 Å². The van der Waals surface area contributed by atoms with Crippen LogP contribution in [0, 0.1) is 6.92 Å². The third-order valence-electron chi connectivity index (χ3n) is 4.85. The highest BCUT2D eigenvalue weighted by molar-refractivity contribution is 5.85. The van der Waals surface area contributed by atoms with E-state index in [0.717, 1.165) is 29.0 Å². The molecule has 0 spiro atoms. The van der Waals surface area contributed by atoms with E-state index in [1.54, 1.807) is 14.2 Å². The van der Waals surface area contributed by atoms with Crippen molar-refractivity contribution in [3.63, 3.8) is 0 Å². The van der Waals surface area contributed by atoms with Crippen molar-refractivity contribution >= 4 is 11.8 Å². The van der Waals surface area contributed by atoms with Gasteiger partial charge in [0, 0.05) is 24.8 Å². The van der Waals surface area contributed by atoms with Gasteiger partial charge in [0.2, 0.25) is 5.82 Å². The fraction of sp³-hybridized carbons (Fsp3) is 0.320. The van der Waals surface area contributed by atoms with Gasteiger partial charge in [0.05, 0.1) is 20.8 Å². The summed E-state index contributed by atoms with van der Waals surface area (Å²) >= 11 is 0. The minimum atomic E-state index is -0.509. The van der Waals surface area contributed by atoms with Gasteiger partial charge < -0.3 is 19.1 Å². The number of ether oxygens (including phenoxy) is 3. The summed E-state index contributed by atoms with van der Waals surface area (Å²) in [7, 11) is 3.29. The van der Waals surface area contributed by atoms with E-state index in [0.29, 0.717) is 31.2 Å². The van der Waals surface area contributed by atoms with Gasteiger partial charge in [-0.15, -0.1) is 0 Å². The number of anilines is 1. The molecule has 0 bridgehead atoms. The maximum Gasteiger partial charge on any atom is 0.376 e. The molecule has 0 N–H and O–H groups in total. The number of hydrogen-bond donors (Lipinski definition) is 0. The van der Waals surface area contributed by atoms with Gasteiger partial charge in [-0.1, -0.05) is 31.2 Å². The Hall–Kier alpha value is -3.61. The minimum Gasteiger partial charge on any atom is -0.497 e. The maximum atomic E-state index is 12.4. The Bertz CT molecular complexity index is 971. The third-order valence-corrected chi connectivity index (χ3v) is 4.85. The monoisotopic (exact) mass is 435 g/mol. The van der Waals surface area contributed by atoms with Crippen LogP contribution < -0.4 is 14.4 Å². The molecule has 1 aromatic heterocycles. The summed E-state index contributed by atoms with van der Waals surface area (Å²) in [5, 5.41) is 0. The van der Waals surface area contributed by atoms with Gasteiger partial charge in [0.25, 0.3) is 0 Å². The van der Waals surface area contributed by atoms with Crippen LogP contribution in [0.25, 0.3) is 0 Å². The lowest BCUT2D eigenvalue weighted by Gasteiger charge is -2.25. The second-order valence-corrected chi connectivity index (χ2v) is 7.38. The summed E-state index contributed by atoms with van der Waals surface area (Å²) in [6.07, 6.45) is 0.742. The van der Waals surface area contributed by atoms with Crippen LogP contribution in [0.5, 0.6) is 11.5 Å². The Kier molecular flexibility index (Phi) is 8.02. The third kappa shape index (κ3) is 6.20. The van der Waals surface area contributed by atoms with Crippen LogP contribution >= 0.6 is 0 Å². The lowest BCUT2D eigenvalue weighted by molar-refractivity contribution is 0.0490. The zero-order chi connectivity index (χ0) is 22.9. The zero-order valence-corrected chi connectivity index (χ0v) is 19.0. The van der Waals surface area contributed by atoms with Crippen molar-refractivity contribution in [2.45, 2.75) is 33.4 Å². The van der Waals surface area contributed by atoms with Crippen molar-refractivity contribution < 1.29 is 19.0 Å². The SMILES string of the molecule is CCCOC(=O)c1nc(C)cc(N(Cc2ccc(OC)cc2)Cc2ccc(OC)cc2)n1. The van der Waals surface area contributed by atoms with Crippen molar-refractivity contribution in [1.82, 2.24) is 9.97 Å². The number of methoxy groups -OCH3 is 2. The summed E-state index contributed by atoms with van der Waals surface area (Å²) in [4.78, 5) is 23.3. The molecule has 7 nitrogen and oxygen atoms in total. The van der Waals surface area contributed by atoms with E-state index in [1.165, 1.54) is 0 Å². The highest BCUT2D eigenvalue weighted by Crippen LogP contribution is 2.22. The van der Waals surface area contributed by atoms with Crippen LogP contribution in [-0.4, -0.2) is 36.8 Å². The first-order valence-corrected chi connectivity index (χ1v) is 10.6. The second-order valence-electron chi connectivity index (χ2n) is 7.38. The first kappa shape index (κ1) is 23.1. The summed E-state index contributed by atoms with van der Waals surface area (Å²) in [5.41, 5.74) is 2.88. The predicted molar refractivity (Wildman–Crippen MR) is 123 cm³/mol. The molecule has 3 aromatic rings. The number of rotatable bonds is 10. The van der Waals surface area contributed by atoms with Crippen molar-refractivity contribution in [1.29, 1.82) is 0 Å². The van der Waals surface area contributed by atoms with E-state index in [-0.39, 0.29) is 5.82 Å². The van der Waals surface area contributed by atoms with E-state index in [4.69, 9.17) is 14.2 Å². The van der Waals surface area contributed by atoms with Crippen molar-refractivity contribution in [3.05, 3.63) is 77.2 Å². The molecule has 3 rings (SSSR count). The van der Waals surface area contributed by atoms with Gasteiger partial charge in [0.15, 0.2) is 0 Å². The largest absolute Gasteiger partial charge is 0.497 e. The molecule has 0 aliphatic rings. The van der Waals surface area contributed by atoms with Crippen molar-refractivity contribution in [2.24, 2.45) is 0 Å². The summed E-state index contributed by atoms with van der Waals surface area (Å²) < 4.78 is 15.8. The molecule has 168 valence electrons. The predicted octanol–water partition coefficient (Wildman–Crippen LogP) is 4.58. The first-order chi connectivity index (χ1) is 15.5. The van der Waals surface area contributed by atoms with E-state index in [2.05, 4.69) is 14.9 Å². The maximum absolute atomic E-state index is 12.4. The fourth-order valence-electron chi connectivity index (χ4n) is 3.19. The molecule has 2 aromatic carbocycles. The van der Waals surface area contributed by atoms with E-state index in [1.807, 2.05) is 68.4 Å². The number of benzene rings is 2. The van der Waals surface area contributed by atoms with Crippen LogP contribution in [0.3, 0.4) is 0 Å². The second kappa shape index (κ2) is 11.1. The Morgan fingerprint density at radius 1 is 0.875 bits per heavy atom. The lowest BCUT2D eigenvalue weighted by atomic mass is 10.1. The first-order valence-electron chi connectivity index (χ1n) is 10.6. The average molecular weight is 436 g/mol. The normalized spacial score (nSPS) is 10.5. The molecule has 32 heavy (non-hydrogen) atoms. The number of nitrogens with zero attached hydrogens (tertiary/aromatic N) is 3. The Morgan fingerprint density at radius 2 is 1.41 bits per heavy atom. The molecule has 0 saturated heterocycles. The number of hydrogen-bond acceptors (Lipinski definition) is 7. The molecule has 0 saturated carbocycles. The van der Waals surface area contributed by atoms with Gasteiger partial charge in [-0.25, -0.2) is 14.8 Å². The number of carbonyl (C=O) groups is 1. The number of carbonyl (C=O) groups excluding carboxylic acids is 1. The number of aromatic nitrogens is 2. The van der Waals surface area contributed by atoms with Gasteiger partial charge in [0.1, 0.15) is 17.3 Å². The van der Waals surface area contributed by atoms with Gasteiger partial charge in [-0.3, -0.25) is 0 Å².